The molecule has 2 saturated heterocycles. The van der Waals surface area contributed by atoms with Crippen LogP contribution in [0.5, 0.6) is 0 Å². The standard InChI is InChI=1S/C14H21N3O4/c1-4-7-16-8-5-14(6-9-16)10(18)17(12(21)15-14)13(2,3)11(19)20/h4H,1,5-9H2,2-3H3,(H,15,21)(H,19,20). The minimum atomic E-state index is -1.55. The third-order valence-electron chi connectivity index (χ3n) is 4.34. The van der Waals surface area contributed by atoms with Gasteiger partial charge in [0.05, 0.1) is 0 Å². The van der Waals surface area contributed by atoms with Crippen molar-refractivity contribution >= 4 is 17.9 Å². The highest BCUT2D eigenvalue weighted by Crippen LogP contribution is 2.33. The number of urea groups is 1. The molecule has 2 aliphatic rings. The molecule has 2 rings (SSSR count). The number of amides is 3. The molecule has 7 heteroatoms. The molecule has 2 aliphatic heterocycles. The summed E-state index contributed by atoms with van der Waals surface area (Å²) in [6.07, 6.45) is 2.77. The Kier molecular flexibility index (Phi) is 3.79. The SMILES string of the molecule is C=CCN1CCC2(CC1)NC(=O)N(C(C)(C)C(=O)O)C2=O. The summed E-state index contributed by atoms with van der Waals surface area (Å²) in [7, 11) is 0. The zero-order valence-electron chi connectivity index (χ0n) is 12.4. The Morgan fingerprint density at radius 3 is 2.48 bits per heavy atom. The summed E-state index contributed by atoms with van der Waals surface area (Å²) < 4.78 is 0. The van der Waals surface area contributed by atoms with Gasteiger partial charge in [-0.15, -0.1) is 6.58 Å². The molecule has 116 valence electrons. The van der Waals surface area contributed by atoms with Crippen molar-refractivity contribution in [1.82, 2.24) is 15.1 Å². The molecule has 7 nitrogen and oxygen atoms in total. The van der Waals surface area contributed by atoms with E-state index in [1.54, 1.807) is 6.08 Å². The molecule has 21 heavy (non-hydrogen) atoms. The second-order valence-electron chi connectivity index (χ2n) is 6.11. The third kappa shape index (κ3) is 2.42. The lowest BCUT2D eigenvalue weighted by Crippen LogP contribution is -2.57. The first kappa shape index (κ1) is 15.5. The topological polar surface area (TPSA) is 90.0 Å². The number of hydrogen-bond acceptors (Lipinski definition) is 4. The fourth-order valence-electron chi connectivity index (χ4n) is 2.86. The Balaban J connectivity index is 2.19. The number of carboxylic acid groups (broad SMARTS) is 1. The molecule has 0 aromatic heterocycles. The smallest absolute Gasteiger partial charge is 0.329 e. The van der Waals surface area contributed by atoms with Crippen molar-refractivity contribution in [2.24, 2.45) is 0 Å². The Labute approximate surface area is 123 Å². The molecule has 0 aromatic carbocycles. The first-order valence-corrected chi connectivity index (χ1v) is 6.98. The van der Waals surface area contributed by atoms with Crippen molar-refractivity contribution < 1.29 is 19.5 Å². The fourth-order valence-corrected chi connectivity index (χ4v) is 2.86. The normalized spacial score (nSPS) is 22.5. The number of hydrogen-bond donors (Lipinski definition) is 2. The van der Waals surface area contributed by atoms with Crippen LogP contribution in [0, 0.1) is 0 Å². The van der Waals surface area contributed by atoms with Crippen molar-refractivity contribution in [3.8, 4) is 0 Å². The second kappa shape index (κ2) is 5.14. The predicted octanol–water partition coefficient (Wildman–Crippen LogP) is 0.422. The van der Waals surface area contributed by atoms with E-state index in [1.807, 2.05) is 0 Å². The van der Waals surface area contributed by atoms with Gasteiger partial charge in [-0.05, 0) is 26.7 Å². The molecule has 0 aromatic rings. The van der Waals surface area contributed by atoms with E-state index in [-0.39, 0.29) is 0 Å². The van der Waals surface area contributed by atoms with Crippen LogP contribution < -0.4 is 5.32 Å². The molecule has 1 spiro atoms. The summed E-state index contributed by atoms with van der Waals surface area (Å²) in [6.45, 7) is 8.47. The minimum Gasteiger partial charge on any atom is -0.480 e. The Hall–Kier alpha value is -1.89. The first-order valence-electron chi connectivity index (χ1n) is 6.98. The van der Waals surface area contributed by atoms with Gasteiger partial charge in [0.1, 0.15) is 11.1 Å². The van der Waals surface area contributed by atoms with Crippen LogP contribution in [0.2, 0.25) is 0 Å². The molecular weight excluding hydrogens is 274 g/mol. The number of likely N-dealkylation sites (tertiary alicyclic amines) is 1. The molecule has 0 saturated carbocycles. The van der Waals surface area contributed by atoms with Crippen LogP contribution in [0.25, 0.3) is 0 Å². The highest BCUT2D eigenvalue weighted by molar-refractivity contribution is 6.10. The monoisotopic (exact) mass is 295 g/mol. The molecule has 3 amide bonds. The van der Waals surface area contributed by atoms with Crippen LogP contribution >= 0.6 is 0 Å². The first-order chi connectivity index (χ1) is 9.74. The molecule has 0 radical (unpaired) electrons. The van der Waals surface area contributed by atoms with Crippen LogP contribution in [-0.4, -0.2) is 63.5 Å². The van der Waals surface area contributed by atoms with E-state index in [9.17, 15) is 19.5 Å². The largest absolute Gasteiger partial charge is 0.480 e. The number of rotatable bonds is 4. The van der Waals surface area contributed by atoms with Gasteiger partial charge in [0.25, 0.3) is 5.91 Å². The summed E-state index contributed by atoms with van der Waals surface area (Å²) in [6, 6.07) is -0.621. The van der Waals surface area contributed by atoms with Crippen molar-refractivity contribution in [3.63, 3.8) is 0 Å². The van der Waals surface area contributed by atoms with Gasteiger partial charge in [-0.25, -0.2) is 14.5 Å². The van der Waals surface area contributed by atoms with Crippen molar-refractivity contribution in [1.29, 1.82) is 0 Å². The van der Waals surface area contributed by atoms with Gasteiger partial charge in [0.15, 0.2) is 0 Å². The van der Waals surface area contributed by atoms with E-state index in [1.165, 1.54) is 13.8 Å². The highest BCUT2D eigenvalue weighted by Gasteiger charge is 2.57. The summed E-state index contributed by atoms with van der Waals surface area (Å²) >= 11 is 0. The quantitative estimate of drug-likeness (QED) is 0.579. The Bertz CT molecular complexity index is 492. The van der Waals surface area contributed by atoms with E-state index in [2.05, 4.69) is 16.8 Å². The van der Waals surface area contributed by atoms with Gasteiger partial charge >= 0.3 is 12.0 Å². The average molecular weight is 295 g/mol. The molecule has 0 atom stereocenters. The van der Waals surface area contributed by atoms with Crippen LogP contribution in [0.15, 0.2) is 12.7 Å². The number of nitrogens with zero attached hydrogens (tertiary/aromatic N) is 2. The highest BCUT2D eigenvalue weighted by atomic mass is 16.4. The number of aliphatic carboxylic acids is 1. The lowest BCUT2D eigenvalue weighted by molar-refractivity contribution is -0.154. The zero-order valence-corrected chi connectivity index (χ0v) is 12.4. The third-order valence-corrected chi connectivity index (χ3v) is 4.34. The molecule has 0 bridgehead atoms. The van der Waals surface area contributed by atoms with Crippen LogP contribution in [0.1, 0.15) is 26.7 Å². The van der Waals surface area contributed by atoms with E-state index in [0.29, 0.717) is 25.9 Å². The molecule has 2 heterocycles. The zero-order chi connectivity index (χ0) is 15.8. The predicted molar refractivity (Wildman–Crippen MR) is 75.7 cm³/mol. The summed E-state index contributed by atoms with van der Waals surface area (Å²) in [5.74, 6) is -1.63. The van der Waals surface area contributed by atoms with Gasteiger partial charge in [0, 0.05) is 19.6 Å². The van der Waals surface area contributed by atoms with Gasteiger partial charge in [0.2, 0.25) is 0 Å². The molecular formula is C14H21N3O4. The average Bonchev–Trinajstić information content (AvgIpc) is 2.64. The summed E-state index contributed by atoms with van der Waals surface area (Å²) in [4.78, 5) is 39.1. The number of carboxylic acids is 1. The van der Waals surface area contributed by atoms with Crippen molar-refractivity contribution in [2.45, 2.75) is 37.8 Å². The van der Waals surface area contributed by atoms with Gasteiger partial charge in [-0.2, -0.15) is 0 Å². The Morgan fingerprint density at radius 1 is 1.43 bits per heavy atom. The summed E-state index contributed by atoms with van der Waals surface area (Å²) in [5, 5.41) is 12.0. The van der Waals surface area contributed by atoms with Gasteiger partial charge in [-0.3, -0.25) is 9.69 Å². The number of nitrogens with one attached hydrogen (secondary N) is 1. The molecule has 0 unspecified atom stereocenters. The minimum absolute atomic E-state index is 0.432. The van der Waals surface area contributed by atoms with Crippen molar-refractivity contribution in [3.05, 3.63) is 12.7 Å². The van der Waals surface area contributed by atoms with Crippen LogP contribution in [0.3, 0.4) is 0 Å². The molecule has 0 aliphatic carbocycles. The van der Waals surface area contributed by atoms with Gasteiger partial charge in [-0.1, -0.05) is 6.08 Å². The molecule has 2 N–H and O–H groups in total. The number of carbonyl (C=O) groups excluding carboxylic acids is 2. The van der Waals surface area contributed by atoms with Crippen LogP contribution in [0.4, 0.5) is 4.79 Å². The Morgan fingerprint density at radius 2 is 2.00 bits per heavy atom. The summed E-state index contributed by atoms with van der Waals surface area (Å²) in [5.41, 5.74) is -2.51. The van der Waals surface area contributed by atoms with Crippen LogP contribution in [-0.2, 0) is 9.59 Å². The number of carbonyl (C=O) groups is 3. The maximum absolute atomic E-state index is 12.6. The van der Waals surface area contributed by atoms with E-state index < -0.39 is 29.0 Å². The number of piperidine rings is 1. The van der Waals surface area contributed by atoms with Crippen molar-refractivity contribution in [2.75, 3.05) is 19.6 Å². The van der Waals surface area contributed by atoms with Gasteiger partial charge < -0.3 is 10.4 Å². The molecule has 2 fully saturated rings. The number of imide groups is 1. The maximum Gasteiger partial charge on any atom is 0.329 e. The van der Waals surface area contributed by atoms with E-state index in [4.69, 9.17) is 0 Å². The lowest BCUT2D eigenvalue weighted by Gasteiger charge is -2.37. The second-order valence-corrected chi connectivity index (χ2v) is 6.11. The maximum atomic E-state index is 12.6. The fraction of sp³-hybridized carbons (Fsp3) is 0.643. The van der Waals surface area contributed by atoms with E-state index in [0.717, 1.165) is 11.4 Å². The van der Waals surface area contributed by atoms with E-state index >= 15 is 0 Å². The lowest BCUT2D eigenvalue weighted by atomic mass is 9.86.